The third kappa shape index (κ3) is 4.28. The molecule has 2 rings (SSSR count). The van der Waals surface area contributed by atoms with Crippen LogP contribution in [-0.2, 0) is 0 Å². The molecule has 1 heterocycles. The van der Waals surface area contributed by atoms with Gasteiger partial charge in [-0.15, -0.1) is 6.42 Å². The van der Waals surface area contributed by atoms with Crippen molar-refractivity contribution in [2.75, 3.05) is 19.6 Å². The second kappa shape index (κ2) is 7.21. The maximum atomic E-state index is 10.8. The summed E-state index contributed by atoms with van der Waals surface area (Å²) in [6, 6.07) is 7.38. The molecule has 0 aliphatic carbocycles. The smallest absolute Gasteiger partial charge is 0.269 e. The molecular formula is C16H21N3O2. The molecule has 1 saturated heterocycles. The van der Waals surface area contributed by atoms with Gasteiger partial charge in [-0.3, -0.25) is 15.0 Å². The Kier molecular flexibility index (Phi) is 5.32. The number of hydrogen-bond donors (Lipinski definition) is 1. The molecule has 0 spiro atoms. The standard InChI is InChI=1S/C16H21N3O2/c1-3-9-18-10-7-15(8-11-18)17-13(2)14-5-4-6-16(12-14)19(20)21/h1,4-6,12-13,15,17H,7-11H2,2H3. The molecule has 0 saturated carbocycles. The van der Waals surface area contributed by atoms with E-state index in [1.54, 1.807) is 12.1 Å². The van der Waals surface area contributed by atoms with E-state index in [1.165, 1.54) is 6.07 Å². The van der Waals surface area contributed by atoms with Gasteiger partial charge in [0.25, 0.3) is 5.69 Å². The number of terminal acetylenes is 1. The van der Waals surface area contributed by atoms with Gasteiger partial charge in [0.1, 0.15) is 0 Å². The molecule has 1 fully saturated rings. The highest BCUT2D eigenvalue weighted by Gasteiger charge is 2.20. The number of likely N-dealkylation sites (tertiary alicyclic amines) is 1. The molecule has 112 valence electrons. The third-order valence-corrected chi connectivity index (χ3v) is 3.97. The second-order valence-corrected chi connectivity index (χ2v) is 5.49. The molecule has 1 aromatic carbocycles. The summed E-state index contributed by atoms with van der Waals surface area (Å²) in [4.78, 5) is 12.7. The average molecular weight is 287 g/mol. The first-order valence-corrected chi connectivity index (χ1v) is 7.26. The van der Waals surface area contributed by atoms with Crippen LogP contribution in [0.1, 0.15) is 31.4 Å². The van der Waals surface area contributed by atoms with Crippen molar-refractivity contribution in [3.05, 3.63) is 39.9 Å². The summed E-state index contributed by atoms with van der Waals surface area (Å²) in [5.74, 6) is 2.68. The molecule has 1 N–H and O–H groups in total. The Morgan fingerprint density at radius 2 is 2.24 bits per heavy atom. The zero-order valence-corrected chi connectivity index (χ0v) is 12.3. The van der Waals surface area contributed by atoms with Crippen molar-refractivity contribution in [3.63, 3.8) is 0 Å². The van der Waals surface area contributed by atoms with Crippen LogP contribution in [0.5, 0.6) is 0 Å². The summed E-state index contributed by atoms with van der Waals surface area (Å²) in [6.45, 7) is 4.77. The first kappa shape index (κ1) is 15.5. The Bertz CT molecular complexity index is 531. The summed E-state index contributed by atoms with van der Waals surface area (Å²) in [5, 5.41) is 14.4. The van der Waals surface area contributed by atoms with Crippen LogP contribution in [0.15, 0.2) is 24.3 Å². The van der Waals surface area contributed by atoms with E-state index in [0.717, 1.165) is 31.5 Å². The van der Waals surface area contributed by atoms with Crippen molar-refractivity contribution in [2.45, 2.75) is 31.8 Å². The fourth-order valence-corrected chi connectivity index (χ4v) is 2.74. The van der Waals surface area contributed by atoms with Crippen LogP contribution in [0.25, 0.3) is 0 Å². The summed E-state index contributed by atoms with van der Waals surface area (Å²) < 4.78 is 0. The third-order valence-electron chi connectivity index (χ3n) is 3.97. The lowest BCUT2D eigenvalue weighted by Gasteiger charge is -2.33. The largest absolute Gasteiger partial charge is 0.307 e. The van der Waals surface area contributed by atoms with Gasteiger partial charge in [-0.25, -0.2) is 0 Å². The molecule has 1 aliphatic rings. The predicted octanol–water partition coefficient (Wildman–Crippen LogP) is 2.34. The molecule has 5 heteroatoms. The van der Waals surface area contributed by atoms with E-state index in [1.807, 2.05) is 13.0 Å². The molecule has 0 radical (unpaired) electrons. The van der Waals surface area contributed by atoms with Crippen molar-refractivity contribution >= 4 is 5.69 Å². The molecular weight excluding hydrogens is 266 g/mol. The summed E-state index contributed by atoms with van der Waals surface area (Å²) in [7, 11) is 0. The topological polar surface area (TPSA) is 58.4 Å². The van der Waals surface area contributed by atoms with Crippen molar-refractivity contribution in [1.29, 1.82) is 0 Å². The van der Waals surface area contributed by atoms with Gasteiger partial charge in [0, 0.05) is 37.3 Å². The van der Waals surface area contributed by atoms with Gasteiger partial charge in [-0.05, 0) is 25.3 Å². The van der Waals surface area contributed by atoms with Crippen LogP contribution in [0.3, 0.4) is 0 Å². The van der Waals surface area contributed by atoms with Gasteiger partial charge in [0.05, 0.1) is 11.5 Å². The molecule has 0 amide bonds. The number of non-ortho nitro benzene ring substituents is 1. The summed E-state index contributed by atoms with van der Waals surface area (Å²) in [5.41, 5.74) is 1.10. The Hall–Kier alpha value is -1.90. The summed E-state index contributed by atoms with van der Waals surface area (Å²) >= 11 is 0. The van der Waals surface area contributed by atoms with Crippen molar-refractivity contribution in [1.82, 2.24) is 10.2 Å². The fraction of sp³-hybridized carbons (Fsp3) is 0.500. The minimum absolute atomic E-state index is 0.106. The number of nitrogens with one attached hydrogen (secondary N) is 1. The second-order valence-electron chi connectivity index (χ2n) is 5.49. The molecule has 0 bridgehead atoms. The summed E-state index contributed by atoms with van der Waals surface area (Å²) in [6.07, 6.45) is 7.44. The molecule has 1 aromatic rings. The maximum Gasteiger partial charge on any atom is 0.269 e. The van der Waals surface area contributed by atoms with Crippen LogP contribution in [0.2, 0.25) is 0 Å². The number of nitrogens with zero attached hydrogens (tertiary/aromatic N) is 2. The molecule has 1 aliphatic heterocycles. The van der Waals surface area contributed by atoms with E-state index in [9.17, 15) is 10.1 Å². The molecule has 0 aromatic heterocycles. The molecule has 1 atom stereocenters. The normalized spacial score (nSPS) is 18.1. The van der Waals surface area contributed by atoms with E-state index in [0.29, 0.717) is 12.6 Å². The minimum Gasteiger partial charge on any atom is -0.307 e. The van der Waals surface area contributed by atoms with E-state index < -0.39 is 0 Å². The molecule has 21 heavy (non-hydrogen) atoms. The SMILES string of the molecule is C#CCN1CCC(NC(C)c2cccc([N+](=O)[O-])c2)CC1. The first-order valence-electron chi connectivity index (χ1n) is 7.26. The van der Waals surface area contributed by atoms with Crippen LogP contribution in [0.4, 0.5) is 5.69 Å². The molecule has 1 unspecified atom stereocenters. The van der Waals surface area contributed by atoms with Crippen LogP contribution >= 0.6 is 0 Å². The first-order chi connectivity index (χ1) is 10.1. The number of nitro benzene ring substituents is 1. The minimum atomic E-state index is -0.353. The highest BCUT2D eigenvalue weighted by Crippen LogP contribution is 2.21. The number of benzene rings is 1. The monoisotopic (exact) mass is 287 g/mol. The van der Waals surface area contributed by atoms with Crippen molar-refractivity contribution in [2.24, 2.45) is 0 Å². The highest BCUT2D eigenvalue weighted by molar-refractivity contribution is 5.35. The Morgan fingerprint density at radius 3 is 2.86 bits per heavy atom. The van der Waals surface area contributed by atoms with Gasteiger partial charge in [0.15, 0.2) is 0 Å². The highest BCUT2D eigenvalue weighted by atomic mass is 16.6. The maximum absolute atomic E-state index is 10.8. The van der Waals surface area contributed by atoms with Gasteiger partial charge in [-0.2, -0.15) is 0 Å². The molecule has 5 nitrogen and oxygen atoms in total. The van der Waals surface area contributed by atoms with Gasteiger partial charge < -0.3 is 5.32 Å². The van der Waals surface area contributed by atoms with Gasteiger partial charge in [-0.1, -0.05) is 18.1 Å². The van der Waals surface area contributed by atoms with Gasteiger partial charge in [0.2, 0.25) is 0 Å². The predicted molar refractivity (Wildman–Crippen MR) is 82.9 cm³/mol. The van der Waals surface area contributed by atoms with Crippen LogP contribution in [-0.4, -0.2) is 35.5 Å². The van der Waals surface area contributed by atoms with E-state index in [4.69, 9.17) is 6.42 Å². The lowest BCUT2D eigenvalue weighted by atomic mass is 10.0. The Morgan fingerprint density at radius 1 is 1.52 bits per heavy atom. The van der Waals surface area contributed by atoms with E-state index in [2.05, 4.69) is 16.1 Å². The van der Waals surface area contributed by atoms with Crippen molar-refractivity contribution in [3.8, 4) is 12.3 Å². The lowest BCUT2D eigenvalue weighted by Crippen LogP contribution is -2.43. The van der Waals surface area contributed by atoms with E-state index in [-0.39, 0.29) is 16.7 Å². The lowest BCUT2D eigenvalue weighted by molar-refractivity contribution is -0.384. The zero-order chi connectivity index (χ0) is 15.2. The van der Waals surface area contributed by atoms with Gasteiger partial charge >= 0.3 is 0 Å². The number of rotatable bonds is 5. The van der Waals surface area contributed by atoms with Crippen LogP contribution in [0, 0.1) is 22.5 Å². The average Bonchev–Trinajstić information content (AvgIpc) is 2.49. The Balaban J connectivity index is 1.90. The Labute approximate surface area is 125 Å². The van der Waals surface area contributed by atoms with Crippen molar-refractivity contribution < 1.29 is 4.92 Å². The van der Waals surface area contributed by atoms with E-state index >= 15 is 0 Å². The zero-order valence-electron chi connectivity index (χ0n) is 12.3. The quantitative estimate of drug-likeness (QED) is 0.513. The number of piperidine rings is 1. The van der Waals surface area contributed by atoms with Crippen LogP contribution < -0.4 is 5.32 Å². The number of hydrogen-bond acceptors (Lipinski definition) is 4. The fourth-order valence-electron chi connectivity index (χ4n) is 2.74. The number of nitro groups is 1.